The molecule has 0 radical (unpaired) electrons. The minimum Gasteiger partial charge on any atom is -0.342 e. The topological polar surface area (TPSA) is 88.8 Å². The molecule has 10 heteroatoms. The molecule has 7 nitrogen and oxygen atoms in total. The normalized spacial score (nSPS) is 15.1. The van der Waals surface area contributed by atoms with Gasteiger partial charge in [-0.1, -0.05) is 28.9 Å². The van der Waals surface area contributed by atoms with Gasteiger partial charge in [0.2, 0.25) is 5.91 Å². The van der Waals surface area contributed by atoms with Gasteiger partial charge in [0.15, 0.2) is 14.6 Å². The van der Waals surface area contributed by atoms with E-state index >= 15 is 0 Å². The number of rotatable bonds is 5. The Balaban J connectivity index is 1.82. The lowest BCUT2D eigenvalue weighted by Crippen LogP contribution is -2.35. The maximum absolute atomic E-state index is 12.3. The number of carbonyl (C=O) groups is 2. The number of hydrogen-bond acceptors (Lipinski definition) is 5. The number of terminal acetylenes is 1. The molecule has 1 aliphatic rings. The molecule has 0 atom stereocenters. The zero-order valence-electron chi connectivity index (χ0n) is 14.9. The van der Waals surface area contributed by atoms with Gasteiger partial charge >= 0.3 is 0 Å². The molecule has 0 unspecified atom stereocenters. The molecule has 1 aromatic carbocycles. The van der Waals surface area contributed by atoms with E-state index in [-0.39, 0.29) is 6.54 Å². The van der Waals surface area contributed by atoms with Gasteiger partial charge in [-0.25, -0.2) is 8.42 Å². The summed E-state index contributed by atoms with van der Waals surface area (Å²) in [5, 5.41) is 0.530. The highest BCUT2D eigenvalue weighted by Gasteiger charge is 2.26. The summed E-state index contributed by atoms with van der Waals surface area (Å²) in [4.78, 5) is 30.1. The van der Waals surface area contributed by atoms with Gasteiger partial charge in [0.25, 0.3) is 5.91 Å². The molecule has 2 heterocycles. The van der Waals surface area contributed by atoms with Gasteiger partial charge in [0.05, 0.1) is 16.8 Å². The average Bonchev–Trinajstić information content (AvgIpc) is 3.23. The summed E-state index contributed by atoms with van der Waals surface area (Å²) >= 11 is 7.19. The lowest BCUT2D eigenvalue weighted by molar-refractivity contribution is -0.127. The van der Waals surface area contributed by atoms with Crippen LogP contribution in [0.2, 0.25) is 5.02 Å². The van der Waals surface area contributed by atoms with Crippen LogP contribution in [0.4, 0.5) is 0 Å². The molecule has 28 heavy (non-hydrogen) atoms. The lowest BCUT2D eigenvalue weighted by atomic mass is 10.3. The zero-order chi connectivity index (χ0) is 20.3. The van der Waals surface area contributed by atoms with Crippen molar-refractivity contribution in [2.24, 2.45) is 4.99 Å². The molecule has 0 aliphatic carbocycles. The monoisotopic (exact) mass is 439 g/mol. The van der Waals surface area contributed by atoms with Crippen LogP contribution >= 0.6 is 22.9 Å². The molecule has 2 amide bonds. The van der Waals surface area contributed by atoms with E-state index in [1.807, 2.05) is 0 Å². The summed E-state index contributed by atoms with van der Waals surface area (Å²) in [6.07, 6.45) is 7.13. The molecule has 0 bridgehead atoms. The van der Waals surface area contributed by atoms with Crippen LogP contribution in [0.15, 0.2) is 23.2 Å². The van der Waals surface area contributed by atoms with Crippen LogP contribution in [0, 0.1) is 12.3 Å². The van der Waals surface area contributed by atoms with Gasteiger partial charge in [-0.2, -0.15) is 4.99 Å². The number of benzene rings is 1. The first-order chi connectivity index (χ1) is 13.3. The van der Waals surface area contributed by atoms with Crippen molar-refractivity contribution in [3.05, 3.63) is 28.0 Å². The predicted molar refractivity (Wildman–Crippen MR) is 109 cm³/mol. The van der Waals surface area contributed by atoms with Gasteiger partial charge in [-0.05, 0) is 31.0 Å². The molecule has 0 spiro atoms. The van der Waals surface area contributed by atoms with Crippen LogP contribution in [0.25, 0.3) is 10.2 Å². The first-order valence-corrected chi connectivity index (χ1v) is 11.6. The summed E-state index contributed by atoms with van der Waals surface area (Å²) < 4.78 is 26.9. The summed E-state index contributed by atoms with van der Waals surface area (Å²) in [5.74, 6) is -0.313. The highest BCUT2D eigenvalue weighted by atomic mass is 35.5. The van der Waals surface area contributed by atoms with E-state index in [9.17, 15) is 18.0 Å². The van der Waals surface area contributed by atoms with Gasteiger partial charge in [0.1, 0.15) is 11.5 Å². The maximum Gasteiger partial charge on any atom is 0.263 e. The Morgan fingerprint density at radius 1 is 1.25 bits per heavy atom. The first kappa shape index (κ1) is 20.6. The van der Waals surface area contributed by atoms with Crippen LogP contribution in [0.1, 0.15) is 12.8 Å². The Hall–Kier alpha value is -2.15. The molecule has 1 aliphatic heterocycles. The highest BCUT2D eigenvalue weighted by molar-refractivity contribution is 7.92. The summed E-state index contributed by atoms with van der Waals surface area (Å²) in [6.45, 7) is 1.29. The zero-order valence-corrected chi connectivity index (χ0v) is 17.3. The first-order valence-electron chi connectivity index (χ1n) is 8.57. The molecular formula is C18H18ClN3O4S2. The predicted octanol–water partition coefficient (Wildman–Crippen LogP) is 1.45. The third-order valence-corrected chi connectivity index (χ3v) is 6.91. The lowest BCUT2D eigenvalue weighted by Gasteiger charge is -2.14. The minimum atomic E-state index is -3.90. The van der Waals surface area contributed by atoms with E-state index in [1.54, 1.807) is 22.8 Å². The van der Waals surface area contributed by atoms with Crippen LogP contribution in [-0.2, 0) is 26.0 Å². The van der Waals surface area contributed by atoms with Crippen LogP contribution in [-0.4, -0.2) is 54.3 Å². The van der Waals surface area contributed by atoms with Crippen LogP contribution < -0.4 is 4.80 Å². The van der Waals surface area contributed by atoms with Crippen molar-refractivity contribution in [2.75, 3.05) is 24.6 Å². The number of aromatic nitrogens is 1. The smallest absolute Gasteiger partial charge is 0.263 e. The van der Waals surface area contributed by atoms with E-state index in [1.165, 1.54) is 16.2 Å². The number of halogens is 1. The number of sulfone groups is 1. The van der Waals surface area contributed by atoms with E-state index in [0.717, 1.165) is 23.1 Å². The van der Waals surface area contributed by atoms with Crippen molar-refractivity contribution in [1.29, 1.82) is 0 Å². The maximum atomic E-state index is 12.3. The SMILES string of the molecule is C#CCn1c(=NC(=O)CS(=O)(=O)CC(=O)N2CCCC2)sc2cc(Cl)ccc21. The molecule has 148 valence electrons. The number of fused-ring (bicyclic) bond motifs is 1. The Bertz CT molecular complexity index is 1140. The van der Waals surface area contributed by atoms with Crippen molar-refractivity contribution in [3.63, 3.8) is 0 Å². The number of carbonyl (C=O) groups excluding carboxylic acids is 2. The number of likely N-dealkylation sites (tertiary alicyclic amines) is 1. The van der Waals surface area contributed by atoms with Gasteiger partial charge < -0.3 is 9.47 Å². The summed E-state index contributed by atoms with van der Waals surface area (Å²) in [7, 11) is -3.90. The van der Waals surface area contributed by atoms with Gasteiger partial charge in [0, 0.05) is 18.1 Å². The van der Waals surface area contributed by atoms with E-state index < -0.39 is 33.2 Å². The summed E-state index contributed by atoms with van der Waals surface area (Å²) in [5.41, 5.74) is 0.756. The van der Waals surface area contributed by atoms with Crippen molar-refractivity contribution in [2.45, 2.75) is 19.4 Å². The second-order valence-corrected chi connectivity index (χ2v) is 9.92. The fourth-order valence-electron chi connectivity index (χ4n) is 3.00. The molecular weight excluding hydrogens is 422 g/mol. The van der Waals surface area contributed by atoms with Crippen LogP contribution in [0.5, 0.6) is 0 Å². The van der Waals surface area contributed by atoms with Gasteiger partial charge in [-0.15, -0.1) is 6.42 Å². The third kappa shape index (κ3) is 4.82. The fraction of sp³-hybridized carbons (Fsp3) is 0.389. The van der Waals surface area contributed by atoms with Crippen molar-refractivity contribution >= 4 is 54.8 Å². The largest absolute Gasteiger partial charge is 0.342 e. The Morgan fingerprint density at radius 3 is 2.64 bits per heavy atom. The van der Waals surface area contributed by atoms with Crippen molar-refractivity contribution in [1.82, 2.24) is 9.47 Å². The van der Waals surface area contributed by atoms with E-state index in [4.69, 9.17) is 18.0 Å². The van der Waals surface area contributed by atoms with Gasteiger partial charge in [-0.3, -0.25) is 9.59 Å². The Morgan fingerprint density at radius 2 is 1.96 bits per heavy atom. The number of thiazole rings is 1. The average molecular weight is 440 g/mol. The summed E-state index contributed by atoms with van der Waals surface area (Å²) in [6, 6.07) is 5.19. The van der Waals surface area contributed by atoms with Crippen molar-refractivity contribution in [3.8, 4) is 12.3 Å². The minimum absolute atomic E-state index is 0.175. The van der Waals surface area contributed by atoms with E-state index in [2.05, 4.69) is 10.9 Å². The third-order valence-electron chi connectivity index (χ3n) is 4.26. The molecule has 3 rings (SSSR count). The quantitative estimate of drug-likeness (QED) is 0.659. The second kappa shape index (κ2) is 8.47. The molecule has 0 saturated carbocycles. The van der Waals surface area contributed by atoms with E-state index in [0.29, 0.717) is 22.9 Å². The molecule has 1 saturated heterocycles. The number of nitrogens with zero attached hydrogens (tertiary/aromatic N) is 3. The molecule has 2 aromatic rings. The molecule has 0 N–H and O–H groups in total. The fourth-order valence-corrected chi connectivity index (χ4v) is 5.42. The Kier molecular flexibility index (Phi) is 6.23. The second-order valence-electron chi connectivity index (χ2n) is 6.41. The number of amides is 2. The standard InChI is InChI=1S/C18H18ClN3O4S2/c1-2-7-22-14-6-5-13(19)10-15(14)27-18(22)20-16(23)11-28(25,26)12-17(24)21-8-3-4-9-21/h1,5-6,10H,3-4,7-9,11-12H2. The van der Waals surface area contributed by atoms with Crippen molar-refractivity contribution < 1.29 is 18.0 Å². The molecule has 1 aromatic heterocycles. The number of hydrogen-bond donors (Lipinski definition) is 0. The Labute approximate surface area is 171 Å². The molecule has 1 fully saturated rings. The van der Waals surface area contributed by atoms with Crippen LogP contribution in [0.3, 0.4) is 0 Å². The highest BCUT2D eigenvalue weighted by Crippen LogP contribution is 2.21.